The number of benzene rings is 1. The Hall–Kier alpha value is -3.33. The maximum Gasteiger partial charge on any atom is 0.596 e. The third kappa shape index (κ3) is 6.60. The van der Waals surface area contributed by atoms with Crippen LogP contribution in [0.25, 0.3) is 0 Å². The van der Waals surface area contributed by atoms with Gasteiger partial charge in [-0.25, -0.2) is 14.2 Å². The molecule has 1 atom stereocenters. The van der Waals surface area contributed by atoms with Crippen LogP contribution in [-0.2, 0) is 4.74 Å². The van der Waals surface area contributed by atoms with Crippen molar-refractivity contribution in [1.29, 1.82) is 0 Å². The van der Waals surface area contributed by atoms with Crippen molar-refractivity contribution in [3.05, 3.63) is 59.2 Å². The number of hydrogen-bond donors (Lipinski definition) is 1. The molecular weight excluding hydrogens is 441 g/mol. The van der Waals surface area contributed by atoms with E-state index in [0.717, 1.165) is 5.71 Å². The van der Waals surface area contributed by atoms with Crippen molar-refractivity contribution in [1.82, 2.24) is 9.88 Å². The number of carbonyl (C=O) groups is 2. The molecule has 0 aliphatic carbocycles. The second-order valence-corrected chi connectivity index (χ2v) is 9.40. The van der Waals surface area contributed by atoms with Gasteiger partial charge in [-0.05, 0) is 57.0 Å². The number of carboxylic acid groups (broad SMARTS) is 1. The summed E-state index contributed by atoms with van der Waals surface area (Å²) in [5, 5.41) is 9.07. The third-order valence-corrected chi connectivity index (χ3v) is 5.39. The van der Waals surface area contributed by atoms with Gasteiger partial charge in [0.15, 0.2) is 12.3 Å². The summed E-state index contributed by atoms with van der Waals surface area (Å²) in [6, 6.07) is 7.86. The highest BCUT2D eigenvalue weighted by atomic mass is 19.1. The fourth-order valence-corrected chi connectivity index (χ4v) is 3.64. The first-order valence-corrected chi connectivity index (χ1v) is 11.1. The molecule has 0 saturated heterocycles. The summed E-state index contributed by atoms with van der Waals surface area (Å²) in [7, 11) is 0. The molecule has 8 nitrogen and oxygen atoms in total. The lowest BCUT2D eigenvalue weighted by Gasteiger charge is -2.29. The summed E-state index contributed by atoms with van der Waals surface area (Å²) in [4.78, 5) is 29.6. The molecule has 9 heteroatoms. The largest absolute Gasteiger partial charge is 0.596 e. The molecule has 1 aromatic carbocycles. The van der Waals surface area contributed by atoms with Crippen molar-refractivity contribution < 1.29 is 33.1 Å². The molecule has 1 N–H and O–H groups in total. The summed E-state index contributed by atoms with van der Waals surface area (Å²) < 4.78 is 27.6. The summed E-state index contributed by atoms with van der Waals surface area (Å²) >= 11 is 0. The van der Waals surface area contributed by atoms with E-state index in [0.29, 0.717) is 43.1 Å². The van der Waals surface area contributed by atoms with E-state index >= 15 is 0 Å². The molecule has 2 aromatic rings. The van der Waals surface area contributed by atoms with Crippen molar-refractivity contribution in [2.75, 3.05) is 26.2 Å². The number of ether oxygens (including phenoxy) is 2. The zero-order valence-corrected chi connectivity index (χ0v) is 20.2. The van der Waals surface area contributed by atoms with Crippen molar-refractivity contribution >= 4 is 17.8 Å². The van der Waals surface area contributed by atoms with E-state index in [1.165, 1.54) is 24.4 Å². The van der Waals surface area contributed by atoms with Crippen molar-refractivity contribution in [3.8, 4) is 5.75 Å². The summed E-state index contributed by atoms with van der Waals surface area (Å²) in [5.41, 5.74) is 1.37. The van der Waals surface area contributed by atoms with Crippen LogP contribution in [0.2, 0.25) is 0 Å². The molecule has 1 aliphatic rings. The molecule has 34 heavy (non-hydrogen) atoms. The van der Waals surface area contributed by atoms with Gasteiger partial charge >= 0.3 is 12.1 Å². The normalized spacial score (nSPS) is 15.7. The number of aromatic nitrogens is 1. The number of hydrogen-bond acceptors (Lipinski definition) is 6. The maximum atomic E-state index is 14.3. The predicted molar refractivity (Wildman–Crippen MR) is 124 cm³/mol. The van der Waals surface area contributed by atoms with Crippen LogP contribution >= 0.6 is 0 Å². The average Bonchev–Trinajstić information content (AvgIpc) is 2.74. The number of aryl methyl sites for hydroxylation is 1. The van der Waals surface area contributed by atoms with Gasteiger partial charge < -0.3 is 14.6 Å². The Labute approximate surface area is 198 Å². The van der Waals surface area contributed by atoms with Crippen molar-refractivity contribution in [2.24, 2.45) is 0 Å². The number of carboxylic acids is 1. The highest BCUT2D eigenvalue weighted by Crippen LogP contribution is 2.25. The molecule has 0 bridgehead atoms. The second kappa shape index (κ2) is 10.3. The van der Waals surface area contributed by atoms with Gasteiger partial charge in [-0.15, -0.1) is 4.58 Å². The Morgan fingerprint density at radius 3 is 2.53 bits per heavy atom. The van der Waals surface area contributed by atoms with E-state index in [-0.39, 0.29) is 17.6 Å². The molecule has 0 saturated carbocycles. The van der Waals surface area contributed by atoms with E-state index in [9.17, 15) is 14.0 Å². The average molecular weight is 473 g/mol. The molecule has 2 heterocycles. The number of halogens is 1. The standard InChI is InChI=1S/C25H30FN3O5/c1-16-6-7-18(12-20(16)26)22(33-19-8-9-21(23(30)31)27-13-19)15-28-10-11-29(17(2)14-28)24(32)34-25(3,4)5/h6-9,12-13,22H,10-11,14-15H2,1-5H3/p+1/t22-/m0/s1. The number of amides is 1. The van der Waals surface area contributed by atoms with E-state index in [1.54, 1.807) is 17.6 Å². The number of carbonyl (C=O) groups excluding carboxylic acids is 1. The van der Waals surface area contributed by atoms with Gasteiger partial charge in [0.1, 0.15) is 29.0 Å². The van der Waals surface area contributed by atoms with Gasteiger partial charge in [-0.1, -0.05) is 12.1 Å². The van der Waals surface area contributed by atoms with Crippen molar-refractivity contribution in [3.63, 3.8) is 0 Å². The first-order valence-electron chi connectivity index (χ1n) is 11.1. The lowest BCUT2D eigenvalue weighted by Crippen LogP contribution is -2.48. The van der Waals surface area contributed by atoms with Gasteiger partial charge in [-0.2, -0.15) is 4.79 Å². The van der Waals surface area contributed by atoms with Gasteiger partial charge in [0.25, 0.3) is 0 Å². The lowest BCUT2D eigenvalue weighted by atomic mass is 10.1. The number of nitrogens with zero attached hydrogens (tertiary/aromatic N) is 3. The van der Waals surface area contributed by atoms with Gasteiger partial charge in [-0.3, -0.25) is 4.90 Å². The fraction of sp³-hybridized carbons (Fsp3) is 0.440. The second-order valence-electron chi connectivity index (χ2n) is 9.40. The Morgan fingerprint density at radius 2 is 1.97 bits per heavy atom. The highest BCUT2D eigenvalue weighted by Gasteiger charge is 2.33. The van der Waals surface area contributed by atoms with Crippen LogP contribution in [0.1, 0.15) is 55.4 Å². The van der Waals surface area contributed by atoms with E-state index < -0.39 is 17.7 Å². The van der Waals surface area contributed by atoms with Crippen LogP contribution in [0.5, 0.6) is 5.75 Å². The Bertz CT molecular complexity index is 1090. The SMILES string of the molecule is CC1=[N+](C(=O)OC(C)(C)C)CCN(C[C@H](Oc2ccc(C(=O)O)nc2)c2ccc(C)c(F)c2)C1. The van der Waals surface area contributed by atoms with Crippen LogP contribution < -0.4 is 4.74 Å². The summed E-state index contributed by atoms with van der Waals surface area (Å²) in [5.74, 6) is -1.08. The van der Waals surface area contributed by atoms with Crippen LogP contribution in [0.4, 0.5) is 9.18 Å². The first kappa shape index (κ1) is 25.3. The zero-order chi connectivity index (χ0) is 25.0. The molecule has 182 valence electrons. The maximum absolute atomic E-state index is 14.3. The number of aromatic carboxylic acids is 1. The van der Waals surface area contributed by atoms with Crippen LogP contribution in [0.3, 0.4) is 0 Å². The minimum absolute atomic E-state index is 0.0891. The minimum Gasteiger partial charge on any atom is -0.483 e. The van der Waals surface area contributed by atoms with Gasteiger partial charge in [0.05, 0.1) is 19.3 Å². The number of pyridine rings is 1. The molecule has 0 fully saturated rings. The molecule has 0 radical (unpaired) electrons. The van der Waals surface area contributed by atoms with E-state index in [1.807, 2.05) is 33.8 Å². The Kier molecular flexibility index (Phi) is 7.66. The topological polar surface area (TPSA) is 92.0 Å². The number of rotatable bonds is 6. The zero-order valence-electron chi connectivity index (χ0n) is 20.2. The molecule has 1 aliphatic heterocycles. The minimum atomic E-state index is -1.13. The molecule has 1 amide bonds. The molecular formula is C25H31FN3O5+. The van der Waals surface area contributed by atoms with Crippen LogP contribution in [0, 0.1) is 12.7 Å². The molecule has 3 rings (SSSR count). The Morgan fingerprint density at radius 1 is 1.24 bits per heavy atom. The quantitative estimate of drug-likeness (QED) is 0.634. The smallest absolute Gasteiger partial charge is 0.483 e. The summed E-state index contributed by atoms with van der Waals surface area (Å²) in [6.45, 7) is 11.1. The fourth-order valence-electron chi connectivity index (χ4n) is 3.64. The lowest BCUT2D eigenvalue weighted by molar-refractivity contribution is -0.458. The van der Waals surface area contributed by atoms with E-state index in [4.69, 9.17) is 14.6 Å². The van der Waals surface area contributed by atoms with Crippen LogP contribution in [-0.4, -0.2) is 69.1 Å². The van der Waals surface area contributed by atoms with E-state index in [2.05, 4.69) is 9.88 Å². The van der Waals surface area contributed by atoms with Crippen molar-refractivity contribution in [2.45, 2.75) is 46.3 Å². The Balaban J connectivity index is 1.79. The molecule has 1 aromatic heterocycles. The summed E-state index contributed by atoms with van der Waals surface area (Å²) in [6.07, 6.45) is 0.440. The predicted octanol–water partition coefficient (Wildman–Crippen LogP) is 4.07. The third-order valence-electron chi connectivity index (χ3n) is 5.39. The van der Waals surface area contributed by atoms with Gasteiger partial charge in [0, 0.05) is 13.5 Å². The first-order chi connectivity index (χ1) is 15.9. The monoisotopic (exact) mass is 472 g/mol. The molecule has 0 spiro atoms. The van der Waals surface area contributed by atoms with Gasteiger partial charge in [0.2, 0.25) is 0 Å². The van der Waals surface area contributed by atoms with Crippen LogP contribution in [0.15, 0.2) is 36.5 Å². The molecule has 0 unspecified atom stereocenters. The highest BCUT2D eigenvalue weighted by molar-refractivity contribution is 5.85.